The Morgan fingerprint density at radius 1 is 1.21 bits per heavy atom. The first-order chi connectivity index (χ1) is 9.08. The third kappa shape index (κ3) is 2.80. The van der Waals surface area contributed by atoms with Crippen LogP contribution in [-0.4, -0.2) is 11.5 Å². The van der Waals surface area contributed by atoms with Crippen molar-refractivity contribution in [1.29, 1.82) is 0 Å². The highest BCUT2D eigenvalue weighted by Gasteiger charge is 2.14. The van der Waals surface area contributed by atoms with Crippen LogP contribution in [0.3, 0.4) is 0 Å². The average molecular weight is 297 g/mol. The quantitative estimate of drug-likeness (QED) is 0.835. The average Bonchev–Trinajstić information content (AvgIpc) is 2.37. The Morgan fingerprint density at radius 2 is 1.95 bits per heavy atom. The Labute approximate surface area is 124 Å². The van der Waals surface area contributed by atoms with Crippen molar-refractivity contribution < 1.29 is 0 Å². The number of hydrogen-bond donors (Lipinski definition) is 1. The smallest absolute Gasteiger partial charge is 0.0756 e. The van der Waals surface area contributed by atoms with E-state index in [1.165, 1.54) is 5.56 Å². The van der Waals surface area contributed by atoms with Crippen LogP contribution in [0.1, 0.15) is 31.5 Å². The molecule has 0 aliphatic rings. The molecule has 19 heavy (non-hydrogen) atoms. The molecule has 0 radical (unpaired) electrons. The summed E-state index contributed by atoms with van der Waals surface area (Å²) in [4.78, 5) is 4.67. The second-order valence-corrected chi connectivity index (χ2v) is 5.46. The van der Waals surface area contributed by atoms with Crippen molar-refractivity contribution >= 4 is 39.8 Å². The predicted molar refractivity (Wildman–Crippen MR) is 84.7 cm³/mol. The summed E-state index contributed by atoms with van der Waals surface area (Å²) in [6.45, 7) is 7.26. The minimum absolute atomic E-state index is 0.623. The van der Waals surface area contributed by atoms with Crippen molar-refractivity contribution in [2.45, 2.75) is 33.6 Å². The molecule has 0 atom stereocenters. The lowest BCUT2D eigenvalue weighted by Crippen LogP contribution is -2.06. The van der Waals surface area contributed by atoms with E-state index in [4.69, 9.17) is 23.2 Å². The van der Waals surface area contributed by atoms with Gasteiger partial charge in [-0.1, -0.05) is 37.0 Å². The van der Waals surface area contributed by atoms with E-state index in [-0.39, 0.29) is 0 Å². The number of aryl methyl sites for hydroxylation is 1. The van der Waals surface area contributed by atoms with Crippen LogP contribution in [0.5, 0.6) is 0 Å². The topological polar surface area (TPSA) is 24.9 Å². The summed E-state index contributed by atoms with van der Waals surface area (Å²) in [5.74, 6) is 0. The number of aromatic nitrogens is 1. The third-order valence-corrected chi connectivity index (χ3v) is 3.75. The number of nitrogens with zero attached hydrogens (tertiary/aromatic N) is 1. The molecule has 0 bridgehead atoms. The molecule has 4 heteroatoms. The molecule has 1 heterocycles. The van der Waals surface area contributed by atoms with Gasteiger partial charge in [-0.25, -0.2) is 0 Å². The third-order valence-electron chi connectivity index (χ3n) is 3.23. The van der Waals surface area contributed by atoms with Gasteiger partial charge in [0.1, 0.15) is 0 Å². The summed E-state index contributed by atoms with van der Waals surface area (Å²) in [6.07, 6.45) is 1.96. The first-order valence-electron chi connectivity index (χ1n) is 6.60. The van der Waals surface area contributed by atoms with Crippen LogP contribution in [0.4, 0.5) is 5.69 Å². The molecule has 1 aromatic heterocycles. The van der Waals surface area contributed by atoms with Gasteiger partial charge in [-0.3, -0.25) is 4.98 Å². The second kappa shape index (κ2) is 5.98. The van der Waals surface area contributed by atoms with E-state index in [0.717, 1.165) is 41.7 Å². The first-order valence-corrected chi connectivity index (χ1v) is 7.36. The van der Waals surface area contributed by atoms with E-state index in [1.807, 2.05) is 6.07 Å². The van der Waals surface area contributed by atoms with Crippen molar-refractivity contribution in [2.75, 3.05) is 11.9 Å². The van der Waals surface area contributed by atoms with Crippen molar-refractivity contribution in [3.05, 3.63) is 33.4 Å². The lowest BCUT2D eigenvalue weighted by molar-refractivity contribution is 0.970. The fraction of sp³-hybridized carbons (Fsp3) is 0.400. The molecule has 0 saturated heterocycles. The second-order valence-electron chi connectivity index (χ2n) is 4.62. The molecular formula is C15H18Cl2N2. The van der Waals surface area contributed by atoms with E-state index < -0.39 is 0 Å². The van der Waals surface area contributed by atoms with E-state index >= 15 is 0 Å². The Hall–Kier alpha value is -0.990. The molecule has 1 N–H and O–H groups in total. The monoisotopic (exact) mass is 296 g/mol. The van der Waals surface area contributed by atoms with Crippen molar-refractivity contribution in [1.82, 2.24) is 4.98 Å². The molecular weight excluding hydrogens is 279 g/mol. The van der Waals surface area contributed by atoms with Gasteiger partial charge in [0.2, 0.25) is 0 Å². The Bertz CT molecular complexity index is 609. The molecule has 0 saturated carbocycles. The highest BCUT2D eigenvalue weighted by molar-refractivity contribution is 6.39. The summed E-state index contributed by atoms with van der Waals surface area (Å²) in [6, 6.07) is 3.65. The van der Waals surface area contributed by atoms with Crippen LogP contribution in [0, 0.1) is 6.92 Å². The van der Waals surface area contributed by atoms with Gasteiger partial charge >= 0.3 is 0 Å². The highest BCUT2D eigenvalue weighted by Crippen LogP contribution is 2.35. The Balaban J connectivity index is 2.75. The van der Waals surface area contributed by atoms with E-state index in [0.29, 0.717) is 10.0 Å². The van der Waals surface area contributed by atoms with Crippen LogP contribution in [0.15, 0.2) is 12.1 Å². The van der Waals surface area contributed by atoms with Crippen LogP contribution in [0.2, 0.25) is 10.0 Å². The number of halogens is 2. The molecule has 0 aliphatic heterocycles. The van der Waals surface area contributed by atoms with Gasteiger partial charge in [0.25, 0.3) is 0 Å². The molecule has 0 fully saturated rings. The van der Waals surface area contributed by atoms with Gasteiger partial charge in [0, 0.05) is 28.3 Å². The molecule has 102 valence electrons. The fourth-order valence-corrected chi connectivity index (χ4v) is 2.85. The molecule has 0 amide bonds. The molecule has 0 aliphatic carbocycles. The number of nitrogens with one attached hydrogen (secondary N) is 1. The van der Waals surface area contributed by atoms with Crippen molar-refractivity contribution in [3.8, 4) is 0 Å². The number of fused-ring (bicyclic) bond motifs is 1. The SMILES string of the molecule is CCCNc1c(C)c(CC)nc2cc(Cl)cc(Cl)c12. The van der Waals surface area contributed by atoms with E-state index in [1.54, 1.807) is 6.07 Å². The maximum atomic E-state index is 6.35. The van der Waals surface area contributed by atoms with Gasteiger partial charge < -0.3 is 5.32 Å². The zero-order valence-corrected chi connectivity index (χ0v) is 13.0. The van der Waals surface area contributed by atoms with Crippen molar-refractivity contribution in [2.24, 2.45) is 0 Å². The van der Waals surface area contributed by atoms with Crippen LogP contribution in [0.25, 0.3) is 10.9 Å². The lowest BCUT2D eigenvalue weighted by atomic mass is 10.1. The Kier molecular flexibility index (Phi) is 4.54. The lowest BCUT2D eigenvalue weighted by Gasteiger charge is -2.16. The molecule has 0 spiro atoms. The van der Waals surface area contributed by atoms with Crippen LogP contribution >= 0.6 is 23.2 Å². The maximum absolute atomic E-state index is 6.35. The summed E-state index contributed by atoms with van der Waals surface area (Å²) in [5.41, 5.74) is 4.21. The number of benzene rings is 1. The standard InChI is InChI=1S/C15H18Cl2N2/c1-4-6-18-15-9(3)12(5-2)19-13-8-10(16)7-11(17)14(13)15/h7-8H,4-6H2,1-3H3,(H,18,19). The van der Waals surface area contributed by atoms with Crippen molar-refractivity contribution in [3.63, 3.8) is 0 Å². The molecule has 2 nitrogen and oxygen atoms in total. The minimum atomic E-state index is 0.623. The predicted octanol–water partition coefficient (Wildman–Crippen LogP) is 5.23. The van der Waals surface area contributed by atoms with Gasteiger partial charge in [-0.15, -0.1) is 0 Å². The van der Waals surface area contributed by atoms with Gasteiger partial charge in [-0.2, -0.15) is 0 Å². The largest absolute Gasteiger partial charge is 0.384 e. The maximum Gasteiger partial charge on any atom is 0.0756 e. The number of anilines is 1. The van der Waals surface area contributed by atoms with Crippen LogP contribution in [-0.2, 0) is 6.42 Å². The van der Waals surface area contributed by atoms with Gasteiger partial charge in [-0.05, 0) is 37.5 Å². The fourth-order valence-electron chi connectivity index (χ4n) is 2.27. The van der Waals surface area contributed by atoms with Gasteiger partial charge in [0.15, 0.2) is 0 Å². The first kappa shape index (κ1) is 14.4. The molecule has 0 unspecified atom stereocenters. The number of hydrogen-bond acceptors (Lipinski definition) is 2. The summed E-state index contributed by atoms with van der Waals surface area (Å²) in [7, 11) is 0. The molecule has 1 aromatic carbocycles. The number of rotatable bonds is 4. The summed E-state index contributed by atoms with van der Waals surface area (Å²) >= 11 is 12.4. The normalized spacial score (nSPS) is 11.0. The molecule has 2 rings (SSSR count). The molecule has 2 aromatic rings. The highest BCUT2D eigenvalue weighted by atomic mass is 35.5. The zero-order valence-electron chi connectivity index (χ0n) is 11.5. The summed E-state index contributed by atoms with van der Waals surface area (Å²) < 4.78 is 0. The summed E-state index contributed by atoms with van der Waals surface area (Å²) in [5, 5.41) is 5.71. The van der Waals surface area contributed by atoms with Crippen LogP contribution < -0.4 is 5.32 Å². The zero-order chi connectivity index (χ0) is 14.0. The van der Waals surface area contributed by atoms with E-state index in [2.05, 4.69) is 31.1 Å². The minimum Gasteiger partial charge on any atom is -0.384 e. The Morgan fingerprint density at radius 3 is 2.58 bits per heavy atom. The van der Waals surface area contributed by atoms with Gasteiger partial charge in [0.05, 0.1) is 10.5 Å². The van der Waals surface area contributed by atoms with E-state index in [9.17, 15) is 0 Å². The number of pyridine rings is 1.